The molecule has 2 aromatic heterocycles. The van der Waals surface area contributed by atoms with Gasteiger partial charge in [0.1, 0.15) is 0 Å². The molecule has 0 saturated heterocycles. The molecular formula is C31H18ClN3S. The van der Waals surface area contributed by atoms with Crippen molar-refractivity contribution in [3.63, 3.8) is 0 Å². The van der Waals surface area contributed by atoms with E-state index in [-0.39, 0.29) is 5.28 Å². The molecule has 0 saturated carbocycles. The summed E-state index contributed by atoms with van der Waals surface area (Å²) in [7, 11) is 0. The fraction of sp³-hybridized carbons (Fsp3) is 0. The van der Waals surface area contributed by atoms with Crippen LogP contribution in [0.15, 0.2) is 109 Å². The van der Waals surface area contributed by atoms with E-state index >= 15 is 0 Å². The lowest BCUT2D eigenvalue weighted by Gasteiger charge is -2.08. The van der Waals surface area contributed by atoms with E-state index in [0.717, 1.165) is 15.8 Å². The summed E-state index contributed by atoms with van der Waals surface area (Å²) in [5, 5.41) is 5.09. The van der Waals surface area contributed by atoms with Crippen LogP contribution in [0, 0.1) is 0 Å². The van der Waals surface area contributed by atoms with Gasteiger partial charge in [-0.2, -0.15) is 9.97 Å². The first-order valence-corrected chi connectivity index (χ1v) is 12.9. The highest BCUT2D eigenvalue weighted by Gasteiger charge is 2.17. The molecular weight excluding hydrogens is 482 g/mol. The number of nitrogens with zero attached hydrogens (tertiary/aromatic N) is 3. The van der Waals surface area contributed by atoms with Crippen molar-refractivity contribution in [2.45, 2.75) is 0 Å². The maximum Gasteiger partial charge on any atom is 0.226 e. The van der Waals surface area contributed by atoms with Gasteiger partial charge >= 0.3 is 0 Å². The molecule has 0 aliphatic carbocycles. The van der Waals surface area contributed by atoms with Crippen LogP contribution in [-0.2, 0) is 0 Å². The Morgan fingerprint density at radius 3 is 1.89 bits per heavy atom. The lowest BCUT2D eigenvalue weighted by Crippen LogP contribution is -1.97. The van der Waals surface area contributed by atoms with E-state index in [9.17, 15) is 0 Å². The average molecular weight is 500 g/mol. The summed E-state index contributed by atoms with van der Waals surface area (Å²) in [5.41, 5.74) is 4.33. The molecule has 0 aliphatic rings. The van der Waals surface area contributed by atoms with Crippen molar-refractivity contribution in [2.75, 3.05) is 0 Å². The van der Waals surface area contributed by atoms with E-state index in [2.05, 4.69) is 88.8 Å². The van der Waals surface area contributed by atoms with Crippen LogP contribution in [-0.4, -0.2) is 15.0 Å². The Kier molecular flexibility index (Phi) is 5.01. The minimum atomic E-state index is 0.188. The molecule has 3 nitrogen and oxygen atoms in total. The highest BCUT2D eigenvalue weighted by molar-refractivity contribution is 7.26. The molecule has 5 aromatic carbocycles. The van der Waals surface area contributed by atoms with Gasteiger partial charge in [-0.3, -0.25) is 0 Å². The van der Waals surface area contributed by atoms with Crippen LogP contribution in [0.1, 0.15) is 0 Å². The largest absolute Gasteiger partial charge is 0.226 e. The lowest BCUT2D eigenvalue weighted by atomic mass is 9.97. The summed E-state index contributed by atoms with van der Waals surface area (Å²) in [6, 6.07) is 37.8. The van der Waals surface area contributed by atoms with Crippen molar-refractivity contribution in [2.24, 2.45) is 0 Å². The number of hydrogen-bond donors (Lipinski definition) is 0. The van der Waals surface area contributed by atoms with Crippen LogP contribution < -0.4 is 0 Å². The predicted octanol–water partition coefficient (Wildman–Crippen LogP) is 9.05. The van der Waals surface area contributed by atoms with Gasteiger partial charge in [0.25, 0.3) is 0 Å². The summed E-state index contributed by atoms with van der Waals surface area (Å²) in [4.78, 5) is 13.7. The molecule has 0 unspecified atom stereocenters. The number of benzene rings is 5. The fourth-order valence-corrected chi connectivity index (χ4v) is 6.35. The molecule has 5 heteroatoms. The summed E-state index contributed by atoms with van der Waals surface area (Å²) in [6.07, 6.45) is 0. The maximum atomic E-state index is 6.38. The van der Waals surface area contributed by atoms with Crippen molar-refractivity contribution < 1.29 is 0 Å². The smallest absolute Gasteiger partial charge is 0.208 e. The molecule has 0 amide bonds. The van der Waals surface area contributed by atoms with Crippen LogP contribution in [0.4, 0.5) is 0 Å². The van der Waals surface area contributed by atoms with Crippen LogP contribution in [0.3, 0.4) is 0 Å². The van der Waals surface area contributed by atoms with Crippen molar-refractivity contribution in [1.82, 2.24) is 15.0 Å². The zero-order chi connectivity index (χ0) is 24.1. The summed E-state index contributed by atoms with van der Waals surface area (Å²) in [5.74, 6) is 1.15. The quantitative estimate of drug-likeness (QED) is 0.243. The zero-order valence-electron chi connectivity index (χ0n) is 19.0. The second kappa shape index (κ2) is 8.52. The van der Waals surface area contributed by atoms with Crippen LogP contribution in [0.2, 0.25) is 5.28 Å². The molecule has 7 aromatic rings. The molecule has 0 radical (unpaired) electrons. The highest BCUT2D eigenvalue weighted by atomic mass is 35.5. The van der Waals surface area contributed by atoms with Gasteiger partial charge < -0.3 is 0 Å². The van der Waals surface area contributed by atoms with E-state index in [1.54, 1.807) is 11.3 Å². The Bertz CT molecular complexity index is 1910. The molecule has 0 bridgehead atoms. The monoisotopic (exact) mass is 499 g/mol. The second-order valence-electron chi connectivity index (χ2n) is 8.61. The number of rotatable bonds is 3. The first-order chi connectivity index (χ1) is 17.8. The lowest BCUT2D eigenvalue weighted by molar-refractivity contribution is 1.07. The third-order valence-electron chi connectivity index (χ3n) is 6.49. The van der Waals surface area contributed by atoms with Gasteiger partial charge in [0.05, 0.1) is 0 Å². The van der Waals surface area contributed by atoms with Crippen molar-refractivity contribution in [3.05, 3.63) is 114 Å². The van der Waals surface area contributed by atoms with E-state index < -0.39 is 0 Å². The summed E-state index contributed by atoms with van der Waals surface area (Å²) < 4.78 is 2.39. The fourth-order valence-electron chi connectivity index (χ4n) is 4.86. The first-order valence-electron chi connectivity index (χ1n) is 11.7. The van der Waals surface area contributed by atoms with E-state index in [1.165, 1.54) is 37.4 Å². The Balaban J connectivity index is 1.48. The zero-order valence-corrected chi connectivity index (χ0v) is 20.6. The van der Waals surface area contributed by atoms with Crippen LogP contribution in [0.5, 0.6) is 0 Å². The van der Waals surface area contributed by atoms with Gasteiger partial charge in [-0.25, -0.2) is 4.98 Å². The van der Waals surface area contributed by atoms with Gasteiger partial charge in [0.15, 0.2) is 11.6 Å². The Morgan fingerprint density at radius 1 is 0.472 bits per heavy atom. The molecule has 170 valence electrons. The molecule has 0 spiro atoms. The molecule has 0 aliphatic heterocycles. The third kappa shape index (κ3) is 3.46. The molecule has 0 fully saturated rings. The third-order valence-corrected chi connectivity index (χ3v) is 7.94. The molecule has 0 N–H and O–H groups in total. The van der Waals surface area contributed by atoms with Crippen molar-refractivity contribution in [3.8, 4) is 33.9 Å². The van der Waals surface area contributed by atoms with Gasteiger partial charge in [-0.15, -0.1) is 11.3 Å². The number of fused-ring (bicyclic) bond motifs is 4. The first kappa shape index (κ1) is 21.2. The topological polar surface area (TPSA) is 38.7 Å². The van der Waals surface area contributed by atoms with Gasteiger partial charge in [-0.1, -0.05) is 103 Å². The van der Waals surface area contributed by atoms with Crippen molar-refractivity contribution >= 4 is 53.9 Å². The molecule has 7 rings (SSSR count). The van der Waals surface area contributed by atoms with E-state index in [4.69, 9.17) is 16.6 Å². The Hall–Kier alpha value is -4.12. The van der Waals surface area contributed by atoms with Crippen molar-refractivity contribution in [1.29, 1.82) is 0 Å². The van der Waals surface area contributed by atoms with Crippen LogP contribution >= 0.6 is 22.9 Å². The number of thiophene rings is 1. The molecule has 0 atom stereocenters. The maximum absolute atomic E-state index is 6.38. The standard InChI is InChI=1S/C31H18ClN3S/c32-31-34-29(20-10-2-1-3-11-20)33-30(35-31)26-18-8-17-25-24-16-7-15-23(27(24)36-28(25)26)22-14-6-12-19-9-4-5-13-21(19)22/h1-18H. The van der Waals surface area contributed by atoms with Gasteiger partial charge in [0, 0.05) is 36.9 Å². The summed E-state index contributed by atoms with van der Waals surface area (Å²) >= 11 is 8.16. The average Bonchev–Trinajstić information content (AvgIpc) is 3.32. The second-order valence-corrected chi connectivity index (χ2v) is 9.97. The Morgan fingerprint density at radius 2 is 1.06 bits per heavy atom. The predicted molar refractivity (Wildman–Crippen MR) is 152 cm³/mol. The minimum absolute atomic E-state index is 0.188. The number of aromatic nitrogens is 3. The van der Waals surface area contributed by atoms with E-state index in [0.29, 0.717) is 11.6 Å². The van der Waals surface area contributed by atoms with Gasteiger partial charge in [-0.05, 0) is 34.0 Å². The van der Waals surface area contributed by atoms with E-state index in [1.807, 2.05) is 30.3 Å². The molecule has 36 heavy (non-hydrogen) atoms. The minimum Gasteiger partial charge on any atom is -0.208 e. The Labute approximate surface area is 216 Å². The summed E-state index contributed by atoms with van der Waals surface area (Å²) in [6.45, 7) is 0. The number of halogens is 1. The number of hydrogen-bond acceptors (Lipinski definition) is 4. The van der Waals surface area contributed by atoms with Crippen LogP contribution in [0.25, 0.3) is 64.8 Å². The molecule has 2 heterocycles. The SMILES string of the molecule is Clc1nc(-c2ccccc2)nc(-c2cccc3c2sc2c(-c4cccc5ccccc45)cccc23)n1. The highest BCUT2D eigenvalue weighted by Crippen LogP contribution is 2.44. The van der Waals surface area contributed by atoms with Gasteiger partial charge in [0.2, 0.25) is 5.28 Å². The normalized spacial score (nSPS) is 11.5.